The van der Waals surface area contributed by atoms with Crippen LogP contribution < -0.4 is 0 Å². The minimum atomic E-state index is 0.294. The number of ether oxygens (including phenoxy) is 1. The fourth-order valence-corrected chi connectivity index (χ4v) is 0.662. The lowest BCUT2D eigenvalue weighted by molar-refractivity contribution is 0.177. The molecule has 50 valence electrons. The molecule has 1 heterocycles. The Morgan fingerprint density at radius 3 is 3.11 bits per heavy atom. The van der Waals surface area contributed by atoms with Crippen molar-refractivity contribution in [3.8, 4) is 0 Å². The quantitative estimate of drug-likeness (QED) is 0.636. The summed E-state index contributed by atoms with van der Waals surface area (Å²) < 4.78 is 9.31. The van der Waals surface area contributed by atoms with Crippen LogP contribution in [-0.2, 0) is 11.3 Å². The van der Waals surface area contributed by atoms with Gasteiger partial charge in [0.05, 0.1) is 6.61 Å². The molecule has 9 heavy (non-hydrogen) atoms. The van der Waals surface area contributed by atoms with E-state index in [1.165, 1.54) is 0 Å². The second kappa shape index (κ2) is 2.85. The molecule has 0 saturated heterocycles. The normalized spacial score (nSPS) is 10.0. The fraction of sp³-hybridized carbons (Fsp3) is 0.400. The van der Waals surface area contributed by atoms with Crippen molar-refractivity contribution >= 4 is 11.6 Å². The van der Waals surface area contributed by atoms with E-state index >= 15 is 0 Å². The molecular weight excluding hydrogens is 142 g/mol. The summed E-state index contributed by atoms with van der Waals surface area (Å²) in [6.07, 6.45) is 0. The highest BCUT2D eigenvalue weighted by Gasteiger charge is 1.98. The van der Waals surface area contributed by atoms with Gasteiger partial charge in [-0.05, 0) is 11.6 Å². The molecule has 0 aliphatic heterocycles. The number of hydrogen-bond donors (Lipinski definition) is 0. The van der Waals surface area contributed by atoms with Crippen LogP contribution in [0.2, 0.25) is 5.22 Å². The second-order valence-electron chi connectivity index (χ2n) is 1.56. The lowest BCUT2D eigenvalue weighted by atomic mass is 10.5. The summed E-state index contributed by atoms with van der Waals surface area (Å²) in [5, 5.41) is 3.87. The molecule has 0 atom stereocenters. The molecular formula is C5H6ClNO2. The molecule has 0 N–H and O–H groups in total. The molecule has 4 heteroatoms. The molecule has 3 nitrogen and oxygen atoms in total. The largest absolute Gasteiger partial charge is 0.378 e. The predicted molar refractivity (Wildman–Crippen MR) is 32.2 cm³/mol. The predicted octanol–water partition coefficient (Wildman–Crippen LogP) is 1.47. The molecule has 0 bridgehead atoms. The Morgan fingerprint density at radius 2 is 2.67 bits per heavy atom. The summed E-state index contributed by atoms with van der Waals surface area (Å²) in [4.78, 5) is 0. The Kier molecular flexibility index (Phi) is 2.08. The molecule has 0 radical (unpaired) electrons. The molecule has 0 fully saturated rings. The van der Waals surface area contributed by atoms with Gasteiger partial charge in [0.15, 0.2) is 0 Å². The third-order valence-corrected chi connectivity index (χ3v) is 1.00. The third-order valence-electron chi connectivity index (χ3n) is 0.822. The van der Waals surface area contributed by atoms with Gasteiger partial charge in [-0.2, -0.15) is 0 Å². The fourth-order valence-electron chi connectivity index (χ4n) is 0.502. The Bertz CT molecular complexity index is 187. The third kappa shape index (κ3) is 1.69. The van der Waals surface area contributed by atoms with Crippen molar-refractivity contribution < 1.29 is 9.26 Å². The summed E-state index contributed by atoms with van der Waals surface area (Å²) >= 11 is 5.41. The van der Waals surface area contributed by atoms with E-state index in [-0.39, 0.29) is 0 Å². The number of hydrogen-bond acceptors (Lipinski definition) is 3. The Labute approximate surface area is 57.5 Å². The molecule has 0 unspecified atom stereocenters. The topological polar surface area (TPSA) is 35.3 Å². The van der Waals surface area contributed by atoms with E-state index < -0.39 is 0 Å². The number of nitrogens with zero attached hydrogens (tertiary/aromatic N) is 1. The Balaban J connectivity index is 2.61. The van der Waals surface area contributed by atoms with Crippen molar-refractivity contribution in [3.63, 3.8) is 0 Å². The van der Waals surface area contributed by atoms with Crippen molar-refractivity contribution in [2.45, 2.75) is 6.61 Å². The van der Waals surface area contributed by atoms with Gasteiger partial charge in [-0.15, -0.1) is 0 Å². The lowest BCUT2D eigenvalue weighted by Gasteiger charge is -1.86. The molecule has 1 aromatic heterocycles. The van der Waals surface area contributed by atoms with Crippen LogP contribution in [0.25, 0.3) is 0 Å². The van der Waals surface area contributed by atoms with Gasteiger partial charge in [-0.1, -0.05) is 5.16 Å². The number of methoxy groups -OCH3 is 1. The zero-order valence-corrected chi connectivity index (χ0v) is 5.68. The Hall–Kier alpha value is -0.540. The summed E-state index contributed by atoms with van der Waals surface area (Å²) in [6, 6.07) is 1.62. The van der Waals surface area contributed by atoms with Gasteiger partial charge in [-0.25, -0.2) is 0 Å². The first-order chi connectivity index (χ1) is 4.33. The monoisotopic (exact) mass is 147 g/mol. The standard InChI is InChI=1S/C5H6ClNO2/c1-8-3-4-2-5(6)9-7-4/h2H,3H2,1H3. The van der Waals surface area contributed by atoms with E-state index in [0.29, 0.717) is 17.5 Å². The zero-order chi connectivity index (χ0) is 6.69. The van der Waals surface area contributed by atoms with Gasteiger partial charge in [0.2, 0.25) is 5.22 Å². The first kappa shape index (κ1) is 6.58. The van der Waals surface area contributed by atoms with E-state index in [0.717, 1.165) is 0 Å². The molecule has 0 aromatic carbocycles. The minimum absolute atomic E-state index is 0.294. The van der Waals surface area contributed by atoms with Gasteiger partial charge in [-0.3, -0.25) is 0 Å². The number of rotatable bonds is 2. The lowest BCUT2D eigenvalue weighted by Crippen LogP contribution is -1.84. The summed E-state index contributed by atoms with van der Waals surface area (Å²) in [5.74, 6) is 0. The van der Waals surface area contributed by atoms with Gasteiger partial charge < -0.3 is 9.26 Å². The molecule has 0 aliphatic rings. The molecule has 1 rings (SSSR count). The van der Waals surface area contributed by atoms with Gasteiger partial charge in [0.1, 0.15) is 5.69 Å². The van der Waals surface area contributed by atoms with Crippen LogP contribution in [0.1, 0.15) is 5.69 Å². The van der Waals surface area contributed by atoms with Crippen LogP contribution in [0, 0.1) is 0 Å². The van der Waals surface area contributed by atoms with Crippen molar-refractivity contribution in [3.05, 3.63) is 17.0 Å². The number of aromatic nitrogens is 1. The maximum absolute atomic E-state index is 5.41. The molecule has 0 amide bonds. The highest BCUT2D eigenvalue weighted by atomic mass is 35.5. The van der Waals surface area contributed by atoms with Crippen molar-refractivity contribution in [2.24, 2.45) is 0 Å². The maximum Gasteiger partial charge on any atom is 0.226 e. The van der Waals surface area contributed by atoms with Crippen molar-refractivity contribution in [1.29, 1.82) is 0 Å². The van der Waals surface area contributed by atoms with Gasteiger partial charge >= 0.3 is 0 Å². The summed E-state index contributed by atoms with van der Waals surface area (Å²) in [6.45, 7) is 0.441. The number of halogens is 1. The minimum Gasteiger partial charge on any atom is -0.378 e. The van der Waals surface area contributed by atoms with E-state index in [2.05, 4.69) is 9.68 Å². The molecule has 0 spiro atoms. The smallest absolute Gasteiger partial charge is 0.226 e. The highest BCUT2D eigenvalue weighted by molar-refractivity contribution is 6.28. The second-order valence-corrected chi connectivity index (χ2v) is 1.93. The van der Waals surface area contributed by atoms with E-state index in [1.54, 1.807) is 13.2 Å². The first-order valence-electron chi connectivity index (χ1n) is 2.43. The first-order valence-corrected chi connectivity index (χ1v) is 2.81. The molecule has 1 aromatic rings. The van der Waals surface area contributed by atoms with Crippen LogP contribution in [0.4, 0.5) is 0 Å². The van der Waals surface area contributed by atoms with Crippen LogP contribution in [0.3, 0.4) is 0 Å². The maximum atomic E-state index is 5.41. The van der Waals surface area contributed by atoms with E-state index in [9.17, 15) is 0 Å². The SMILES string of the molecule is COCc1cc(Cl)on1. The van der Waals surface area contributed by atoms with Crippen LogP contribution in [-0.4, -0.2) is 12.3 Å². The summed E-state index contributed by atoms with van der Waals surface area (Å²) in [5.41, 5.74) is 0.711. The Morgan fingerprint density at radius 1 is 1.89 bits per heavy atom. The summed E-state index contributed by atoms with van der Waals surface area (Å²) in [7, 11) is 1.59. The molecule has 0 saturated carbocycles. The molecule has 0 aliphatic carbocycles. The van der Waals surface area contributed by atoms with Gasteiger partial charge in [0, 0.05) is 13.2 Å². The van der Waals surface area contributed by atoms with Crippen LogP contribution in [0.5, 0.6) is 0 Å². The van der Waals surface area contributed by atoms with E-state index in [1.807, 2.05) is 0 Å². The van der Waals surface area contributed by atoms with Crippen LogP contribution >= 0.6 is 11.6 Å². The van der Waals surface area contributed by atoms with Crippen molar-refractivity contribution in [1.82, 2.24) is 5.16 Å². The highest BCUT2D eigenvalue weighted by Crippen LogP contribution is 2.09. The average molecular weight is 148 g/mol. The van der Waals surface area contributed by atoms with E-state index in [4.69, 9.17) is 16.3 Å². The zero-order valence-electron chi connectivity index (χ0n) is 4.93. The van der Waals surface area contributed by atoms with Crippen molar-refractivity contribution in [2.75, 3.05) is 7.11 Å². The van der Waals surface area contributed by atoms with Gasteiger partial charge in [0.25, 0.3) is 0 Å². The van der Waals surface area contributed by atoms with Crippen LogP contribution in [0.15, 0.2) is 10.6 Å². The average Bonchev–Trinajstić information content (AvgIpc) is 2.17.